The molecule has 3 heterocycles. The number of carbonyl (C=O) groups is 1. The fraction of sp³-hybridized carbons (Fsp3) is 0.111. The van der Waals surface area contributed by atoms with Crippen LogP contribution in [0.5, 0.6) is 5.75 Å². The first-order valence-corrected chi connectivity index (χ1v) is 8.74. The summed E-state index contributed by atoms with van der Waals surface area (Å²) in [4.78, 5) is 17.2. The second-order valence-electron chi connectivity index (χ2n) is 5.57. The van der Waals surface area contributed by atoms with E-state index in [4.69, 9.17) is 4.74 Å². The van der Waals surface area contributed by atoms with E-state index in [0.29, 0.717) is 46.3 Å². The molecular weight excluding hydrogens is 398 g/mol. The number of carbonyl (C=O) groups excluding carboxylic acids is 1. The quantitative estimate of drug-likeness (QED) is 0.573. The number of hydrogen-bond acceptors (Lipinski definition) is 5. The van der Waals surface area contributed by atoms with Crippen molar-refractivity contribution in [1.29, 1.82) is 0 Å². The molecule has 0 aliphatic carbocycles. The maximum absolute atomic E-state index is 12.7. The topological polar surface area (TPSA) is 81.9 Å². The molecule has 0 spiro atoms. The number of anilines is 1. The molecule has 7 nitrogen and oxygen atoms in total. The fourth-order valence-corrected chi connectivity index (χ4v) is 3.10. The Hall–Kier alpha value is -3.00. The van der Waals surface area contributed by atoms with Gasteiger partial charge in [-0.2, -0.15) is 0 Å². The lowest BCUT2D eigenvalue weighted by molar-refractivity contribution is 0.102. The maximum Gasteiger partial charge on any atom is 0.260 e. The van der Waals surface area contributed by atoms with E-state index >= 15 is 0 Å². The summed E-state index contributed by atoms with van der Waals surface area (Å²) in [6, 6.07) is 10.7. The van der Waals surface area contributed by atoms with E-state index in [-0.39, 0.29) is 5.91 Å². The Morgan fingerprint density at radius 1 is 1.15 bits per heavy atom. The van der Waals surface area contributed by atoms with Crippen molar-refractivity contribution in [2.45, 2.75) is 6.54 Å². The molecule has 1 N–H and O–H groups in total. The number of nitrogens with zero attached hydrogens (tertiary/aromatic N) is 4. The van der Waals surface area contributed by atoms with Crippen LogP contribution in [0.3, 0.4) is 0 Å². The van der Waals surface area contributed by atoms with Crippen LogP contribution < -0.4 is 10.1 Å². The van der Waals surface area contributed by atoms with Gasteiger partial charge in [-0.1, -0.05) is 18.2 Å². The first-order valence-electron chi connectivity index (χ1n) is 7.95. The van der Waals surface area contributed by atoms with E-state index in [9.17, 15) is 4.79 Å². The van der Waals surface area contributed by atoms with Crippen molar-refractivity contribution < 1.29 is 9.53 Å². The van der Waals surface area contributed by atoms with Gasteiger partial charge < -0.3 is 14.6 Å². The molecule has 1 amide bonds. The third kappa shape index (κ3) is 3.23. The Labute approximate surface area is 157 Å². The number of pyridine rings is 1. The highest BCUT2D eigenvalue weighted by atomic mass is 79.9. The second-order valence-corrected chi connectivity index (χ2v) is 6.42. The Morgan fingerprint density at radius 3 is 2.96 bits per heavy atom. The van der Waals surface area contributed by atoms with E-state index in [1.165, 1.54) is 0 Å². The van der Waals surface area contributed by atoms with Gasteiger partial charge in [-0.05, 0) is 46.3 Å². The summed E-state index contributed by atoms with van der Waals surface area (Å²) in [5, 5.41) is 10.9. The number of fused-ring (bicyclic) bond motifs is 5. The lowest BCUT2D eigenvalue weighted by Gasteiger charge is -2.13. The summed E-state index contributed by atoms with van der Waals surface area (Å²) < 4.78 is 8.39. The zero-order valence-electron chi connectivity index (χ0n) is 13.6. The monoisotopic (exact) mass is 411 g/mol. The van der Waals surface area contributed by atoms with E-state index in [0.717, 1.165) is 0 Å². The molecule has 4 rings (SSSR count). The minimum absolute atomic E-state index is 0.298. The molecule has 0 unspecified atom stereocenters. The summed E-state index contributed by atoms with van der Waals surface area (Å²) in [5.74, 6) is 1.26. The number of rotatable bonds is 0. The molecule has 1 aliphatic rings. The van der Waals surface area contributed by atoms with Crippen molar-refractivity contribution in [1.82, 2.24) is 19.7 Å². The molecule has 1 aromatic carbocycles. The largest absolute Gasteiger partial charge is 0.488 e. The Kier molecular flexibility index (Phi) is 4.49. The van der Waals surface area contributed by atoms with Gasteiger partial charge in [0.25, 0.3) is 5.91 Å². The SMILES string of the molecule is O=C1Nc2cccc(n2)-c2nncn2C/C=C\COc2c(Br)cccc21. The highest BCUT2D eigenvalue weighted by Crippen LogP contribution is 2.30. The smallest absolute Gasteiger partial charge is 0.260 e. The van der Waals surface area contributed by atoms with Gasteiger partial charge in [-0.3, -0.25) is 4.79 Å². The van der Waals surface area contributed by atoms with Crippen LogP contribution >= 0.6 is 15.9 Å². The predicted molar refractivity (Wildman–Crippen MR) is 100.0 cm³/mol. The fourth-order valence-electron chi connectivity index (χ4n) is 2.62. The van der Waals surface area contributed by atoms with E-state index in [1.54, 1.807) is 24.5 Å². The minimum atomic E-state index is -0.298. The van der Waals surface area contributed by atoms with Crippen molar-refractivity contribution in [3.05, 3.63) is 64.9 Å². The number of nitrogens with one attached hydrogen (secondary N) is 1. The molecule has 130 valence electrons. The first kappa shape index (κ1) is 16.5. The van der Waals surface area contributed by atoms with Gasteiger partial charge in [0.2, 0.25) is 0 Å². The number of benzene rings is 1. The van der Waals surface area contributed by atoms with Crippen LogP contribution in [0.1, 0.15) is 10.4 Å². The van der Waals surface area contributed by atoms with Crippen molar-refractivity contribution in [3.8, 4) is 17.3 Å². The van der Waals surface area contributed by atoms with Crippen LogP contribution in [-0.4, -0.2) is 32.3 Å². The number of aromatic nitrogens is 4. The highest BCUT2D eigenvalue weighted by molar-refractivity contribution is 9.10. The number of hydrogen-bond donors (Lipinski definition) is 1. The zero-order chi connectivity index (χ0) is 17.9. The Balaban J connectivity index is 1.79. The molecule has 0 fully saturated rings. The summed E-state index contributed by atoms with van der Waals surface area (Å²) in [5.41, 5.74) is 1.07. The lowest BCUT2D eigenvalue weighted by atomic mass is 10.2. The first-order chi connectivity index (χ1) is 12.7. The second kappa shape index (κ2) is 7.09. The number of halogens is 1. The average Bonchev–Trinajstić information content (AvgIpc) is 3.10. The van der Waals surface area contributed by atoms with Gasteiger partial charge in [0.15, 0.2) is 5.82 Å². The van der Waals surface area contributed by atoms with Gasteiger partial charge in [0.1, 0.15) is 30.2 Å². The number of para-hydroxylation sites is 1. The third-order valence-corrected chi connectivity index (χ3v) is 4.46. The van der Waals surface area contributed by atoms with Crippen LogP contribution in [0.4, 0.5) is 5.82 Å². The lowest BCUT2D eigenvalue weighted by Crippen LogP contribution is -2.15. The van der Waals surface area contributed by atoms with Crippen molar-refractivity contribution in [2.24, 2.45) is 0 Å². The van der Waals surface area contributed by atoms with Gasteiger partial charge in [-0.25, -0.2) is 4.98 Å². The minimum Gasteiger partial charge on any atom is -0.488 e. The average molecular weight is 412 g/mol. The molecule has 3 aromatic rings. The summed E-state index contributed by atoms with van der Waals surface area (Å²) in [6.07, 6.45) is 5.49. The molecule has 0 saturated heterocycles. The zero-order valence-corrected chi connectivity index (χ0v) is 15.2. The predicted octanol–water partition coefficient (Wildman–Crippen LogP) is 3.30. The normalized spacial score (nSPS) is 15.0. The van der Waals surface area contributed by atoms with Gasteiger partial charge in [0.05, 0.1) is 10.0 Å². The van der Waals surface area contributed by atoms with E-state index < -0.39 is 0 Å². The molecule has 8 heteroatoms. The van der Waals surface area contributed by atoms with Crippen molar-refractivity contribution in [3.63, 3.8) is 0 Å². The van der Waals surface area contributed by atoms with Crippen LogP contribution in [0.2, 0.25) is 0 Å². The number of ether oxygens (including phenoxy) is 1. The standard InChI is InChI=1S/C18H14BrN5O2/c19-13-6-3-5-12-16(13)26-10-2-1-9-24-11-20-23-17(24)14-7-4-8-15(21-14)22-18(12)25/h1-8,11H,9-10H2,(H,21,22,25)/b2-1-. The third-order valence-electron chi connectivity index (χ3n) is 3.84. The van der Waals surface area contributed by atoms with Crippen LogP contribution in [0, 0.1) is 0 Å². The molecular formula is C18H14BrN5O2. The Morgan fingerprint density at radius 2 is 2.04 bits per heavy atom. The summed E-state index contributed by atoms with van der Waals surface area (Å²) in [6.45, 7) is 0.927. The van der Waals surface area contributed by atoms with Crippen LogP contribution in [-0.2, 0) is 6.54 Å². The molecule has 0 atom stereocenters. The highest BCUT2D eigenvalue weighted by Gasteiger charge is 2.17. The Bertz CT molecular complexity index is 999. The molecule has 0 saturated carbocycles. The van der Waals surface area contributed by atoms with E-state index in [2.05, 4.69) is 36.4 Å². The summed E-state index contributed by atoms with van der Waals surface area (Å²) >= 11 is 3.44. The maximum atomic E-state index is 12.7. The van der Waals surface area contributed by atoms with Crippen LogP contribution in [0.25, 0.3) is 11.5 Å². The van der Waals surface area contributed by atoms with E-state index in [1.807, 2.05) is 34.9 Å². The molecule has 0 radical (unpaired) electrons. The molecule has 26 heavy (non-hydrogen) atoms. The number of allylic oxidation sites excluding steroid dienone is 1. The van der Waals surface area contributed by atoms with Crippen molar-refractivity contribution >= 4 is 27.7 Å². The number of amides is 1. The van der Waals surface area contributed by atoms with Gasteiger partial charge >= 0.3 is 0 Å². The molecule has 2 bridgehead atoms. The van der Waals surface area contributed by atoms with Crippen LogP contribution in [0.15, 0.2) is 59.4 Å². The molecule has 2 aromatic heterocycles. The van der Waals surface area contributed by atoms with Crippen molar-refractivity contribution in [2.75, 3.05) is 11.9 Å². The summed E-state index contributed by atoms with van der Waals surface area (Å²) in [7, 11) is 0. The molecule has 1 aliphatic heterocycles. The van der Waals surface area contributed by atoms with Gasteiger partial charge in [0, 0.05) is 6.54 Å². The van der Waals surface area contributed by atoms with Gasteiger partial charge in [-0.15, -0.1) is 10.2 Å².